The number of carbonyl (C=O) groups is 2. The van der Waals surface area contributed by atoms with Gasteiger partial charge in [0.25, 0.3) is 0 Å². The Bertz CT molecular complexity index is 648. The molecule has 1 aromatic rings. The van der Waals surface area contributed by atoms with Crippen molar-refractivity contribution in [3.8, 4) is 0 Å². The van der Waals surface area contributed by atoms with E-state index in [4.69, 9.17) is 4.74 Å². The van der Waals surface area contributed by atoms with Gasteiger partial charge in [0.2, 0.25) is 5.91 Å². The first kappa shape index (κ1) is 18.1. The van der Waals surface area contributed by atoms with E-state index in [-0.39, 0.29) is 17.6 Å². The minimum Gasteiger partial charge on any atom is -0.441 e. The normalized spacial score (nSPS) is 19.4. The van der Waals surface area contributed by atoms with Crippen LogP contribution in [0.15, 0.2) is 18.2 Å². The lowest BCUT2D eigenvalue weighted by atomic mass is 9.91. The van der Waals surface area contributed by atoms with Gasteiger partial charge in [-0.25, -0.2) is 4.79 Å². The first-order valence-corrected chi connectivity index (χ1v) is 9.89. The van der Waals surface area contributed by atoms with E-state index in [9.17, 15) is 9.59 Å². The summed E-state index contributed by atoms with van der Waals surface area (Å²) in [5, 5.41) is 0. The summed E-state index contributed by atoms with van der Waals surface area (Å²) >= 11 is 1.67. The molecule has 0 unspecified atom stereocenters. The summed E-state index contributed by atoms with van der Waals surface area (Å²) in [5.74, 6) is 1.54. The summed E-state index contributed by atoms with van der Waals surface area (Å²) < 4.78 is 5.54. The van der Waals surface area contributed by atoms with Crippen LogP contribution < -0.4 is 0 Å². The van der Waals surface area contributed by atoms with Crippen LogP contribution in [0.4, 0.5) is 4.79 Å². The highest BCUT2D eigenvalue weighted by Crippen LogP contribution is 2.32. The number of nitrogens with zero attached hydrogens (tertiary/aromatic N) is 2. The molecule has 2 aliphatic rings. The Morgan fingerprint density at radius 3 is 2.40 bits per heavy atom. The van der Waals surface area contributed by atoms with Crippen molar-refractivity contribution in [1.29, 1.82) is 0 Å². The van der Waals surface area contributed by atoms with E-state index >= 15 is 0 Å². The number of likely N-dealkylation sites (N-methyl/N-ethyl adjacent to an activating group) is 1. The maximum atomic E-state index is 12.4. The van der Waals surface area contributed by atoms with Gasteiger partial charge >= 0.3 is 6.09 Å². The number of likely N-dealkylation sites (tertiary alicyclic amines) is 1. The fourth-order valence-corrected chi connectivity index (χ4v) is 4.58. The van der Waals surface area contributed by atoms with Crippen LogP contribution in [-0.4, -0.2) is 59.8 Å². The van der Waals surface area contributed by atoms with E-state index < -0.39 is 0 Å². The Kier molecular flexibility index (Phi) is 5.27. The second-order valence-corrected chi connectivity index (χ2v) is 8.26. The van der Waals surface area contributed by atoms with E-state index in [1.807, 2.05) is 4.90 Å². The fourth-order valence-electron chi connectivity index (χ4n) is 3.72. The lowest BCUT2D eigenvalue weighted by Crippen LogP contribution is -2.49. The number of piperidine rings is 1. The number of aryl methyl sites for hydroxylation is 2. The summed E-state index contributed by atoms with van der Waals surface area (Å²) in [5.41, 5.74) is 3.42. The maximum Gasteiger partial charge on any atom is 0.410 e. The molecule has 1 aromatic carbocycles. The number of hydrogen-bond donors (Lipinski definition) is 0. The van der Waals surface area contributed by atoms with Crippen LogP contribution in [0.2, 0.25) is 0 Å². The zero-order valence-electron chi connectivity index (χ0n) is 15.2. The Hall–Kier alpha value is -1.69. The average Bonchev–Trinajstić information content (AvgIpc) is 2.81. The smallest absolute Gasteiger partial charge is 0.410 e. The summed E-state index contributed by atoms with van der Waals surface area (Å²) in [6.07, 6.45) is 1.22. The predicted octanol–water partition coefficient (Wildman–Crippen LogP) is 2.98. The van der Waals surface area contributed by atoms with E-state index in [0.29, 0.717) is 25.4 Å². The molecule has 1 spiro atoms. The number of benzene rings is 1. The first-order valence-electron chi connectivity index (χ1n) is 8.74. The molecule has 0 saturated carbocycles. The van der Waals surface area contributed by atoms with E-state index in [1.165, 1.54) is 16.7 Å². The van der Waals surface area contributed by atoms with E-state index in [1.54, 1.807) is 23.7 Å². The van der Waals surface area contributed by atoms with Crippen LogP contribution in [0.3, 0.4) is 0 Å². The SMILES string of the molecule is Cc1cc(C)cc(CSCC(=O)N2CCC3(CC2)CN(C)C(=O)O3)c1. The van der Waals surface area contributed by atoms with Crippen LogP contribution in [0.5, 0.6) is 0 Å². The second kappa shape index (κ2) is 7.28. The molecule has 0 radical (unpaired) electrons. The highest BCUT2D eigenvalue weighted by Gasteiger charge is 2.46. The van der Waals surface area contributed by atoms with Gasteiger partial charge in [-0.15, -0.1) is 11.8 Å². The number of hydrogen-bond acceptors (Lipinski definition) is 4. The average molecular weight is 362 g/mol. The predicted molar refractivity (Wildman–Crippen MR) is 99.7 cm³/mol. The van der Waals surface area contributed by atoms with Crippen molar-refractivity contribution in [3.05, 3.63) is 34.9 Å². The molecule has 2 amide bonds. The van der Waals surface area contributed by atoms with Gasteiger partial charge in [-0.2, -0.15) is 0 Å². The third-order valence-corrected chi connectivity index (χ3v) is 5.93. The van der Waals surface area contributed by atoms with Gasteiger partial charge in [-0.1, -0.05) is 29.3 Å². The minimum absolute atomic E-state index is 0.182. The third kappa shape index (κ3) is 4.29. The van der Waals surface area contributed by atoms with Crippen molar-refractivity contribution in [2.75, 3.05) is 32.4 Å². The molecule has 136 valence electrons. The van der Waals surface area contributed by atoms with E-state index in [0.717, 1.165) is 18.6 Å². The van der Waals surface area contributed by atoms with Crippen LogP contribution in [0.1, 0.15) is 29.5 Å². The van der Waals surface area contributed by atoms with Crippen LogP contribution in [0.25, 0.3) is 0 Å². The van der Waals surface area contributed by atoms with Crippen molar-refractivity contribution in [2.45, 2.75) is 38.0 Å². The lowest BCUT2D eigenvalue weighted by molar-refractivity contribution is -0.131. The van der Waals surface area contributed by atoms with Gasteiger partial charge < -0.3 is 14.5 Å². The molecular weight excluding hydrogens is 336 g/mol. The van der Waals surface area contributed by atoms with Crippen molar-refractivity contribution < 1.29 is 14.3 Å². The molecule has 2 fully saturated rings. The Balaban J connectivity index is 1.45. The molecule has 25 heavy (non-hydrogen) atoms. The third-order valence-electron chi connectivity index (χ3n) is 4.94. The highest BCUT2D eigenvalue weighted by molar-refractivity contribution is 7.99. The highest BCUT2D eigenvalue weighted by atomic mass is 32.2. The minimum atomic E-state index is -0.380. The van der Waals surface area contributed by atoms with Crippen molar-refractivity contribution in [3.63, 3.8) is 0 Å². The van der Waals surface area contributed by atoms with Crippen molar-refractivity contribution >= 4 is 23.8 Å². The number of carbonyl (C=O) groups excluding carboxylic acids is 2. The molecule has 5 nitrogen and oxygen atoms in total. The molecule has 2 saturated heterocycles. The van der Waals surface area contributed by atoms with Gasteiger partial charge in [0.15, 0.2) is 0 Å². The maximum absolute atomic E-state index is 12.4. The molecule has 6 heteroatoms. The van der Waals surface area contributed by atoms with Crippen LogP contribution in [-0.2, 0) is 15.3 Å². The monoisotopic (exact) mass is 362 g/mol. The number of ether oxygens (including phenoxy) is 1. The molecule has 0 N–H and O–H groups in total. The van der Waals surface area contributed by atoms with Crippen molar-refractivity contribution in [2.24, 2.45) is 0 Å². The molecule has 3 rings (SSSR count). The topological polar surface area (TPSA) is 49.9 Å². The van der Waals surface area contributed by atoms with Gasteiger partial charge in [0.05, 0.1) is 12.3 Å². The van der Waals surface area contributed by atoms with Gasteiger partial charge in [-0.05, 0) is 19.4 Å². The summed E-state index contributed by atoms with van der Waals surface area (Å²) in [7, 11) is 1.76. The molecule has 0 aliphatic carbocycles. The van der Waals surface area contributed by atoms with Gasteiger partial charge in [-0.3, -0.25) is 4.79 Å². The van der Waals surface area contributed by atoms with Gasteiger partial charge in [0.1, 0.15) is 5.60 Å². The Labute approximate surface area is 153 Å². The Morgan fingerprint density at radius 2 is 1.84 bits per heavy atom. The largest absolute Gasteiger partial charge is 0.441 e. The summed E-state index contributed by atoms with van der Waals surface area (Å²) in [4.78, 5) is 27.6. The quantitative estimate of drug-likeness (QED) is 0.826. The molecule has 0 atom stereocenters. The zero-order valence-corrected chi connectivity index (χ0v) is 16.0. The Morgan fingerprint density at radius 1 is 1.20 bits per heavy atom. The molecular formula is C19H26N2O3S. The first-order chi connectivity index (χ1) is 11.9. The number of amides is 2. The van der Waals surface area contributed by atoms with Crippen molar-refractivity contribution in [1.82, 2.24) is 9.80 Å². The standard InChI is InChI=1S/C19H26N2O3S/c1-14-8-15(2)10-16(9-14)11-25-12-17(22)21-6-4-19(5-7-21)13-20(3)18(23)24-19/h8-10H,4-7,11-13H2,1-3H3. The second-order valence-electron chi connectivity index (χ2n) is 7.28. The molecule has 0 bridgehead atoms. The number of thioether (sulfide) groups is 1. The van der Waals surface area contributed by atoms with Gasteiger partial charge in [0, 0.05) is 38.7 Å². The zero-order chi connectivity index (χ0) is 18.0. The number of rotatable bonds is 4. The summed E-state index contributed by atoms with van der Waals surface area (Å²) in [6, 6.07) is 6.52. The molecule has 0 aromatic heterocycles. The van der Waals surface area contributed by atoms with Crippen LogP contribution in [0, 0.1) is 13.8 Å². The van der Waals surface area contributed by atoms with Crippen LogP contribution >= 0.6 is 11.8 Å². The summed E-state index contributed by atoms with van der Waals surface area (Å²) in [6.45, 7) is 6.18. The lowest BCUT2D eigenvalue weighted by Gasteiger charge is -2.37. The molecule has 2 aliphatic heterocycles. The fraction of sp³-hybridized carbons (Fsp3) is 0.579. The molecule has 2 heterocycles. The van der Waals surface area contributed by atoms with E-state index in [2.05, 4.69) is 32.0 Å².